The molecule has 0 N–H and O–H groups in total. The highest BCUT2D eigenvalue weighted by Gasteiger charge is 2.10. The first-order valence-corrected chi connectivity index (χ1v) is 7.69. The van der Waals surface area contributed by atoms with E-state index in [1.165, 1.54) is 0 Å². The summed E-state index contributed by atoms with van der Waals surface area (Å²) in [7, 11) is 0. The van der Waals surface area contributed by atoms with Crippen molar-refractivity contribution in [2.45, 2.75) is 11.8 Å². The molecule has 3 aromatic rings. The second-order valence-corrected chi connectivity index (χ2v) is 6.16. The fraction of sp³-hybridized carbons (Fsp3) is 0.118. The third-order valence-electron chi connectivity index (χ3n) is 3.25. The predicted molar refractivity (Wildman–Crippen MR) is 88.2 cm³/mol. The zero-order valence-electron chi connectivity index (χ0n) is 10.8. The first-order chi connectivity index (χ1) is 9.72. The smallest absolute Gasteiger partial charge is 0.0705 e. The van der Waals surface area contributed by atoms with Crippen LogP contribution in [0.2, 0.25) is 0 Å². The number of alkyl halides is 1. The van der Waals surface area contributed by atoms with E-state index in [9.17, 15) is 0 Å². The van der Waals surface area contributed by atoms with E-state index in [1.54, 1.807) is 0 Å². The highest BCUT2D eigenvalue weighted by atomic mass is 79.9. The van der Waals surface area contributed by atoms with Crippen molar-refractivity contribution in [3.8, 4) is 0 Å². The molecular weight excluding hydrogens is 334 g/mol. The maximum Gasteiger partial charge on any atom is 0.0705 e. The lowest BCUT2D eigenvalue weighted by Gasteiger charge is -2.10. The minimum absolute atomic E-state index is 0.0684. The fourth-order valence-corrected chi connectivity index (χ4v) is 2.94. The van der Waals surface area contributed by atoms with Crippen LogP contribution in [-0.2, 0) is 6.42 Å². The molecule has 0 aliphatic carbocycles. The minimum atomic E-state index is -0.0684. The lowest BCUT2D eigenvalue weighted by atomic mass is 10.1. The van der Waals surface area contributed by atoms with E-state index in [4.69, 9.17) is 11.6 Å². The number of aromatic nitrogens is 1. The lowest BCUT2D eigenvalue weighted by molar-refractivity contribution is 0.887. The van der Waals surface area contributed by atoms with Crippen LogP contribution >= 0.6 is 27.5 Å². The van der Waals surface area contributed by atoms with E-state index in [0.717, 1.165) is 33.1 Å². The summed E-state index contributed by atoms with van der Waals surface area (Å²) in [6.07, 6.45) is 0.725. The summed E-state index contributed by atoms with van der Waals surface area (Å²) < 4.78 is 1.05. The van der Waals surface area contributed by atoms with Crippen molar-refractivity contribution in [2.75, 3.05) is 0 Å². The van der Waals surface area contributed by atoms with E-state index in [2.05, 4.69) is 45.2 Å². The monoisotopic (exact) mass is 345 g/mol. The van der Waals surface area contributed by atoms with Gasteiger partial charge in [-0.1, -0.05) is 52.3 Å². The molecule has 3 heteroatoms. The second kappa shape index (κ2) is 5.94. The molecule has 1 nitrogen and oxygen atoms in total. The van der Waals surface area contributed by atoms with Crippen LogP contribution in [0.25, 0.3) is 10.9 Å². The van der Waals surface area contributed by atoms with Gasteiger partial charge in [0.05, 0.1) is 10.9 Å². The number of nitrogens with zero attached hydrogens (tertiary/aromatic N) is 1. The second-order valence-electron chi connectivity index (χ2n) is 4.72. The largest absolute Gasteiger partial charge is 0.253 e. The molecule has 0 bridgehead atoms. The third-order valence-corrected chi connectivity index (χ3v) is 4.15. The van der Waals surface area contributed by atoms with Gasteiger partial charge in [-0.25, -0.2) is 0 Å². The van der Waals surface area contributed by atoms with Gasteiger partial charge in [0.1, 0.15) is 0 Å². The Balaban J connectivity index is 1.85. The van der Waals surface area contributed by atoms with Crippen LogP contribution in [0.5, 0.6) is 0 Å². The normalized spacial score (nSPS) is 12.5. The molecule has 1 unspecified atom stereocenters. The van der Waals surface area contributed by atoms with Crippen molar-refractivity contribution in [3.05, 3.63) is 76.4 Å². The van der Waals surface area contributed by atoms with E-state index in [-0.39, 0.29) is 5.38 Å². The van der Waals surface area contributed by atoms with Crippen molar-refractivity contribution in [3.63, 3.8) is 0 Å². The molecule has 3 rings (SSSR count). The molecule has 20 heavy (non-hydrogen) atoms. The van der Waals surface area contributed by atoms with E-state index >= 15 is 0 Å². The van der Waals surface area contributed by atoms with Gasteiger partial charge in [-0.05, 0) is 29.8 Å². The van der Waals surface area contributed by atoms with Gasteiger partial charge < -0.3 is 0 Å². The number of fused-ring (bicyclic) bond motifs is 1. The summed E-state index contributed by atoms with van der Waals surface area (Å²) in [6, 6.07) is 20.4. The topological polar surface area (TPSA) is 12.9 Å². The number of hydrogen-bond donors (Lipinski definition) is 0. The number of rotatable bonds is 3. The minimum Gasteiger partial charge on any atom is -0.253 e. The summed E-state index contributed by atoms with van der Waals surface area (Å²) in [5.41, 5.74) is 3.14. The summed E-state index contributed by atoms with van der Waals surface area (Å²) in [6.45, 7) is 0. The summed E-state index contributed by atoms with van der Waals surface area (Å²) in [5.74, 6) is 0. The Morgan fingerprint density at radius 3 is 2.70 bits per heavy atom. The standard InChI is InChI=1S/C17H13BrClN/c18-14-6-3-5-13(10-14)16(19)11-15-9-8-12-4-1-2-7-17(12)20-15/h1-10,16H,11H2. The van der Waals surface area contributed by atoms with Crippen LogP contribution < -0.4 is 0 Å². The fourth-order valence-electron chi connectivity index (χ4n) is 2.22. The van der Waals surface area contributed by atoms with E-state index in [1.807, 2.05) is 36.4 Å². The van der Waals surface area contributed by atoms with Gasteiger partial charge in [-0.15, -0.1) is 11.6 Å². The summed E-state index contributed by atoms with van der Waals surface area (Å²) in [5, 5.41) is 1.09. The SMILES string of the molecule is ClC(Cc1ccc2ccccc2n1)c1cccc(Br)c1. The number of benzene rings is 2. The van der Waals surface area contributed by atoms with Crippen LogP contribution in [0.4, 0.5) is 0 Å². The Hall–Kier alpha value is -1.38. The third kappa shape index (κ3) is 3.02. The molecule has 0 amide bonds. The Kier molecular flexibility index (Phi) is 4.04. The van der Waals surface area contributed by atoms with Gasteiger partial charge in [-0.3, -0.25) is 4.98 Å². The Morgan fingerprint density at radius 2 is 1.85 bits per heavy atom. The van der Waals surface area contributed by atoms with Gasteiger partial charge in [-0.2, -0.15) is 0 Å². The maximum absolute atomic E-state index is 6.50. The van der Waals surface area contributed by atoms with Crippen LogP contribution in [0, 0.1) is 0 Å². The number of hydrogen-bond acceptors (Lipinski definition) is 1. The van der Waals surface area contributed by atoms with Gasteiger partial charge in [0.15, 0.2) is 0 Å². The average molecular weight is 347 g/mol. The molecule has 2 aromatic carbocycles. The molecule has 0 aliphatic heterocycles. The highest BCUT2D eigenvalue weighted by molar-refractivity contribution is 9.10. The van der Waals surface area contributed by atoms with Crippen LogP contribution in [0.3, 0.4) is 0 Å². The number of halogens is 2. The molecule has 0 aliphatic rings. The van der Waals surface area contributed by atoms with Crippen LogP contribution in [0.1, 0.15) is 16.6 Å². The molecule has 100 valence electrons. The highest BCUT2D eigenvalue weighted by Crippen LogP contribution is 2.27. The van der Waals surface area contributed by atoms with Gasteiger partial charge in [0, 0.05) is 22.0 Å². The zero-order chi connectivity index (χ0) is 13.9. The van der Waals surface area contributed by atoms with E-state index < -0.39 is 0 Å². The summed E-state index contributed by atoms with van der Waals surface area (Å²) >= 11 is 9.98. The average Bonchev–Trinajstić information content (AvgIpc) is 2.47. The Bertz CT molecular complexity index is 742. The van der Waals surface area contributed by atoms with Gasteiger partial charge >= 0.3 is 0 Å². The number of pyridine rings is 1. The first kappa shape index (κ1) is 13.6. The van der Waals surface area contributed by atoms with Crippen LogP contribution in [0.15, 0.2) is 65.1 Å². The summed E-state index contributed by atoms with van der Waals surface area (Å²) in [4.78, 5) is 4.67. The molecule has 1 atom stereocenters. The zero-order valence-corrected chi connectivity index (χ0v) is 13.1. The van der Waals surface area contributed by atoms with Crippen molar-refractivity contribution in [2.24, 2.45) is 0 Å². The van der Waals surface area contributed by atoms with Gasteiger partial charge in [0.25, 0.3) is 0 Å². The molecule has 0 saturated carbocycles. The Labute approximate surface area is 131 Å². The molecule has 1 aromatic heterocycles. The predicted octanol–water partition coefficient (Wildman–Crippen LogP) is 5.52. The van der Waals surface area contributed by atoms with Crippen molar-refractivity contribution < 1.29 is 0 Å². The quantitative estimate of drug-likeness (QED) is 0.569. The maximum atomic E-state index is 6.50. The number of para-hydroxylation sites is 1. The molecule has 0 radical (unpaired) electrons. The molecule has 1 heterocycles. The molecule has 0 saturated heterocycles. The molecule has 0 fully saturated rings. The lowest BCUT2D eigenvalue weighted by Crippen LogP contribution is -1.98. The van der Waals surface area contributed by atoms with Crippen molar-refractivity contribution in [1.29, 1.82) is 0 Å². The van der Waals surface area contributed by atoms with E-state index in [0.29, 0.717) is 0 Å². The Morgan fingerprint density at radius 1 is 1.00 bits per heavy atom. The molecule has 0 spiro atoms. The first-order valence-electron chi connectivity index (χ1n) is 6.46. The van der Waals surface area contributed by atoms with Gasteiger partial charge in [0.2, 0.25) is 0 Å². The van der Waals surface area contributed by atoms with Crippen molar-refractivity contribution >= 4 is 38.4 Å². The van der Waals surface area contributed by atoms with Crippen LogP contribution in [-0.4, -0.2) is 4.98 Å². The molecular formula is C17H13BrClN. The van der Waals surface area contributed by atoms with Crippen molar-refractivity contribution in [1.82, 2.24) is 4.98 Å².